The van der Waals surface area contributed by atoms with Crippen molar-refractivity contribution in [1.29, 1.82) is 0 Å². The van der Waals surface area contributed by atoms with Gasteiger partial charge in [0.05, 0.1) is 12.7 Å². The number of rotatable bonds is 4. The summed E-state index contributed by atoms with van der Waals surface area (Å²) < 4.78 is 10.6. The fraction of sp³-hybridized carbons (Fsp3) is 0.500. The fourth-order valence-electron chi connectivity index (χ4n) is 2.70. The number of ketones is 1. The summed E-state index contributed by atoms with van der Waals surface area (Å²) in [4.78, 5) is 12.1. The molecular formula is C14H17BO4. The lowest BCUT2D eigenvalue weighted by molar-refractivity contribution is 0.0859. The van der Waals surface area contributed by atoms with Gasteiger partial charge in [-0.05, 0) is 30.3 Å². The summed E-state index contributed by atoms with van der Waals surface area (Å²) in [5, 5.41) is 9.64. The van der Waals surface area contributed by atoms with Gasteiger partial charge in [0.1, 0.15) is 0 Å². The van der Waals surface area contributed by atoms with Crippen LogP contribution in [0.3, 0.4) is 0 Å². The summed E-state index contributed by atoms with van der Waals surface area (Å²) in [5.74, 6) is 0.109. The van der Waals surface area contributed by atoms with E-state index in [1.807, 2.05) is 12.1 Å². The second kappa shape index (κ2) is 5.45. The first-order chi connectivity index (χ1) is 9.24. The SMILES string of the molecule is O=C(CCC1CCCO1)c1ccc2c(c1)B(O)OC2. The number of hydrogen-bond acceptors (Lipinski definition) is 4. The minimum Gasteiger partial charge on any atom is -0.423 e. The van der Waals surface area contributed by atoms with Crippen molar-refractivity contribution in [3.63, 3.8) is 0 Å². The van der Waals surface area contributed by atoms with Crippen LogP contribution in [-0.2, 0) is 16.0 Å². The molecule has 2 heterocycles. The molecule has 0 radical (unpaired) electrons. The van der Waals surface area contributed by atoms with Gasteiger partial charge >= 0.3 is 7.12 Å². The highest BCUT2D eigenvalue weighted by Gasteiger charge is 2.28. The molecule has 0 amide bonds. The van der Waals surface area contributed by atoms with Gasteiger partial charge in [-0.15, -0.1) is 0 Å². The van der Waals surface area contributed by atoms with Gasteiger partial charge in [0.15, 0.2) is 5.78 Å². The van der Waals surface area contributed by atoms with Crippen LogP contribution in [0.1, 0.15) is 41.6 Å². The lowest BCUT2D eigenvalue weighted by atomic mass is 9.78. The van der Waals surface area contributed by atoms with Gasteiger partial charge in [0, 0.05) is 18.6 Å². The molecule has 1 atom stereocenters. The van der Waals surface area contributed by atoms with Crippen LogP contribution in [0.4, 0.5) is 0 Å². The lowest BCUT2D eigenvalue weighted by Gasteiger charge is -2.08. The summed E-state index contributed by atoms with van der Waals surface area (Å²) in [6.07, 6.45) is 3.69. The maximum Gasteiger partial charge on any atom is 0.491 e. The molecule has 100 valence electrons. The van der Waals surface area contributed by atoms with Crippen molar-refractivity contribution in [2.75, 3.05) is 6.61 Å². The van der Waals surface area contributed by atoms with Crippen LogP contribution in [0.5, 0.6) is 0 Å². The van der Waals surface area contributed by atoms with Crippen molar-refractivity contribution < 1.29 is 19.2 Å². The third kappa shape index (κ3) is 2.73. The lowest BCUT2D eigenvalue weighted by Crippen LogP contribution is -2.28. The molecule has 0 bridgehead atoms. The van der Waals surface area contributed by atoms with Crippen molar-refractivity contribution in [1.82, 2.24) is 0 Å². The van der Waals surface area contributed by atoms with Crippen molar-refractivity contribution in [3.8, 4) is 0 Å². The Morgan fingerprint density at radius 2 is 2.37 bits per heavy atom. The molecule has 3 rings (SSSR count). The molecule has 1 N–H and O–H groups in total. The summed E-state index contributed by atoms with van der Waals surface area (Å²) in [7, 11) is -0.888. The Morgan fingerprint density at radius 3 is 3.16 bits per heavy atom. The van der Waals surface area contributed by atoms with E-state index in [-0.39, 0.29) is 11.9 Å². The number of Topliss-reactive ketones (excluding diaryl/α,β-unsaturated/α-hetero) is 1. The van der Waals surface area contributed by atoms with Gasteiger partial charge in [-0.2, -0.15) is 0 Å². The average molecular weight is 260 g/mol. The first-order valence-corrected chi connectivity index (χ1v) is 6.81. The van der Waals surface area contributed by atoms with Gasteiger partial charge in [-0.1, -0.05) is 18.2 Å². The van der Waals surface area contributed by atoms with Gasteiger partial charge in [-0.3, -0.25) is 4.79 Å². The molecule has 0 aromatic heterocycles. The predicted molar refractivity (Wildman–Crippen MR) is 71.4 cm³/mol. The summed E-state index contributed by atoms with van der Waals surface area (Å²) in [6, 6.07) is 5.44. The van der Waals surface area contributed by atoms with Crippen molar-refractivity contribution in [2.24, 2.45) is 0 Å². The van der Waals surface area contributed by atoms with E-state index in [0.717, 1.165) is 36.9 Å². The number of benzene rings is 1. The highest BCUT2D eigenvalue weighted by Crippen LogP contribution is 2.19. The van der Waals surface area contributed by atoms with Crippen molar-refractivity contribution in [3.05, 3.63) is 29.3 Å². The van der Waals surface area contributed by atoms with E-state index in [4.69, 9.17) is 9.39 Å². The predicted octanol–water partition coefficient (Wildman–Crippen LogP) is 1.05. The normalized spacial score (nSPS) is 21.7. The number of carbonyl (C=O) groups excluding carboxylic acids is 1. The monoisotopic (exact) mass is 260 g/mol. The molecule has 2 aliphatic rings. The summed E-state index contributed by atoms with van der Waals surface area (Å²) >= 11 is 0. The van der Waals surface area contributed by atoms with Crippen LogP contribution in [0.2, 0.25) is 0 Å². The molecule has 19 heavy (non-hydrogen) atoms. The zero-order chi connectivity index (χ0) is 13.2. The Morgan fingerprint density at radius 1 is 1.47 bits per heavy atom. The van der Waals surface area contributed by atoms with Crippen molar-refractivity contribution in [2.45, 2.75) is 38.4 Å². The molecule has 1 aromatic carbocycles. The Bertz CT molecular complexity index is 482. The molecule has 1 saturated heterocycles. The van der Waals surface area contributed by atoms with Crippen LogP contribution in [0, 0.1) is 0 Å². The average Bonchev–Trinajstić information content (AvgIpc) is 3.06. The third-order valence-corrected chi connectivity index (χ3v) is 3.85. The molecule has 5 heteroatoms. The van der Waals surface area contributed by atoms with E-state index >= 15 is 0 Å². The van der Waals surface area contributed by atoms with Crippen LogP contribution < -0.4 is 5.46 Å². The van der Waals surface area contributed by atoms with Crippen LogP contribution in [0.25, 0.3) is 0 Å². The molecule has 2 aliphatic heterocycles. The van der Waals surface area contributed by atoms with Gasteiger partial charge in [-0.25, -0.2) is 0 Å². The number of carbonyl (C=O) groups is 1. The molecule has 0 saturated carbocycles. The maximum absolute atomic E-state index is 12.1. The molecule has 0 spiro atoms. The minimum atomic E-state index is -0.888. The summed E-state index contributed by atoms with van der Waals surface area (Å²) in [6.45, 7) is 1.24. The van der Waals surface area contributed by atoms with Crippen molar-refractivity contribution >= 4 is 18.4 Å². The molecule has 4 nitrogen and oxygen atoms in total. The molecule has 1 aromatic rings. The molecular weight excluding hydrogens is 243 g/mol. The quantitative estimate of drug-likeness (QED) is 0.649. The van der Waals surface area contributed by atoms with Crippen LogP contribution >= 0.6 is 0 Å². The maximum atomic E-state index is 12.1. The molecule has 0 aliphatic carbocycles. The minimum absolute atomic E-state index is 0.109. The second-order valence-electron chi connectivity index (χ2n) is 5.17. The standard InChI is InChI=1S/C14H17BO4/c16-14(6-5-12-2-1-7-18-12)10-3-4-11-9-19-15(17)13(11)8-10/h3-4,8,12,17H,1-2,5-7,9H2. The van der Waals surface area contributed by atoms with Gasteiger partial charge < -0.3 is 14.4 Å². The van der Waals surface area contributed by atoms with E-state index in [1.165, 1.54) is 0 Å². The molecule has 1 fully saturated rings. The summed E-state index contributed by atoms with van der Waals surface area (Å²) in [5.41, 5.74) is 2.34. The van der Waals surface area contributed by atoms with Gasteiger partial charge in [0.25, 0.3) is 0 Å². The van der Waals surface area contributed by atoms with E-state index in [2.05, 4.69) is 0 Å². The van der Waals surface area contributed by atoms with Gasteiger partial charge in [0.2, 0.25) is 0 Å². The third-order valence-electron chi connectivity index (χ3n) is 3.85. The highest BCUT2D eigenvalue weighted by molar-refractivity contribution is 6.61. The Labute approximate surface area is 112 Å². The first kappa shape index (κ1) is 12.8. The number of ether oxygens (including phenoxy) is 1. The number of fused-ring (bicyclic) bond motifs is 1. The highest BCUT2D eigenvalue weighted by atomic mass is 16.5. The van der Waals surface area contributed by atoms with E-state index in [1.54, 1.807) is 6.07 Å². The van der Waals surface area contributed by atoms with E-state index in [9.17, 15) is 9.82 Å². The van der Waals surface area contributed by atoms with Crippen LogP contribution in [0.15, 0.2) is 18.2 Å². The zero-order valence-corrected chi connectivity index (χ0v) is 10.8. The topological polar surface area (TPSA) is 55.8 Å². The Kier molecular flexibility index (Phi) is 3.68. The first-order valence-electron chi connectivity index (χ1n) is 6.81. The number of hydrogen-bond donors (Lipinski definition) is 1. The molecule has 1 unspecified atom stereocenters. The zero-order valence-electron chi connectivity index (χ0n) is 10.8. The largest absolute Gasteiger partial charge is 0.491 e. The van der Waals surface area contributed by atoms with E-state index in [0.29, 0.717) is 18.6 Å². The fourth-order valence-corrected chi connectivity index (χ4v) is 2.70. The Hall–Kier alpha value is -1.17. The smallest absolute Gasteiger partial charge is 0.423 e. The second-order valence-corrected chi connectivity index (χ2v) is 5.17. The van der Waals surface area contributed by atoms with Crippen LogP contribution in [-0.4, -0.2) is 30.6 Å². The Balaban J connectivity index is 1.65. The van der Waals surface area contributed by atoms with E-state index < -0.39 is 7.12 Å².